The van der Waals surface area contributed by atoms with Gasteiger partial charge in [-0.1, -0.05) is 13.3 Å². The standard InChI is InChI=1S/C14H21NO3S2/c1-3-15-13-5-4-6-14(13)19(16)11-7-9-12(10-8-11)20(2,17)18/h7-10,13-15H,3-6H2,1-2H3. The van der Waals surface area contributed by atoms with Crippen molar-refractivity contribution in [2.45, 2.75) is 47.3 Å². The number of nitrogens with one attached hydrogen (secondary N) is 1. The molecule has 3 unspecified atom stereocenters. The third-order valence-corrected chi connectivity index (χ3v) is 6.66. The number of sulfone groups is 1. The highest BCUT2D eigenvalue weighted by molar-refractivity contribution is 7.90. The molecular weight excluding hydrogens is 294 g/mol. The van der Waals surface area contributed by atoms with Crippen LogP contribution in [0.5, 0.6) is 0 Å². The lowest BCUT2D eigenvalue weighted by Crippen LogP contribution is -2.37. The summed E-state index contributed by atoms with van der Waals surface area (Å²) in [5.74, 6) is 0. The second-order valence-electron chi connectivity index (χ2n) is 5.17. The zero-order valence-corrected chi connectivity index (χ0v) is 13.5. The molecule has 6 heteroatoms. The van der Waals surface area contributed by atoms with Crippen LogP contribution in [0.1, 0.15) is 26.2 Å². The van der Waals surface area contributed by atoms with Crippen molar-refractivity contribution in [3.63, 3.8) is 0 Å². The lowest BCUT2D eigenvalue weighted by atomic mass is 10.2. The Bertz CT molecular complexity index is 581. The van der Waals surface area contributed by atoms with Crippen molar-refractivity contribution >= 4 is 20.6 Å². The Hall–Kier alpha value is -0.720. The molecule has 1 saturated carbocycles. The molecule has 1 aliphatic carbocycles. The monoisotopic (exact) mass is 315 g/mol. The minimum atomic E-state index is -3.19. The summed E-state index contributed by atoms with van der Waals surface area (Å²) in [5, 5.41) is 3.52. The quantitative estimate of drug-likeness (QED) is 0.899. The van der Waals surface area contributed by atoms with Gasteiger partial charge in [0, 0.05) is 17.2 Å². The molecule has 0 heterocycles. The molecule has 1 aromatic rings. The summed E-state index contributed by atoms with van der Waals surface area (Å²) < 4.78 is 35.5. The summed E-state index contributed by atoms with van der Waals surface area (Å²) >= 11 is 0. The van der Waals surface area contributed by atoms with E-state index in [9.17, 15) is 12.6 Å². The van der Waals surface area contributed by atoms with Gasteiger partial charge >= 0.3 is 0 Å². The Morgan fingerprint density at radius 3 is 2.45 bits per heavy atom. The molecule has 4 nitrogen and oxygen atoms in total. The van der Waals surface area contributed by atoms with Crippen molar-refractivity contribution in [2.24, 2.45) is 0 Å². The van der Waals surface area contributed by atoms with Gasteiger partial charge in [-0.15, -0.1) is 0 Å². The van der Waals surface area contributed by atoms with E-state index in [0.29, 0.717) is 10.9 Å². The van der Waals surface area contributed by atoms with Gasteiger partial charge in [-0.2, -0.15) is 0 Å². The highest BCUT2D eigenvalue weighted by Gasteiger charge is 2.32. The molecule has 20 heavy (non-hydrogen) atoms. The van der Waals surface area contributed by atoms with E-state index in [1.807, 2.05) is 0 Å². The topological polar surface area (TPSA) is 63.2 Å². The maximum absolute atomic E-state index is 12.6. The molecule has 2 rings (SSSR count). The van der Waals surface area contributed by atoms with Crippen LogP contribution in [0, 0.1) is 0 Å². The second-order valence-corrected chi connectivity index (χ2v) is 8.86. The number of rotatable bonds is 5. The molecule has 1 aromatic carbocycles. The molecule has 0 saturated heterocycles. The SMILES string of the molecule is CCNC1CCCC1S(=O)c1ccc(S(C)(=O)=O)cc1. The molecule has 0 aromatic heterocycles. The molecular formula is C14H21NO3S2. The van der Waals surface area contributed by atoms with Crippen LogP contribution in [0.15, 0.2) is 34.1 Å². The van der Waals surface area contributed by atoms with Crippen LogP contribution < -0.4 is 5.32 Å². The summed E-state index contributed by atoms with van der Waals surface area (Å²) in [7, 11) is -4.28. The highest BCUT2D eigenvalue weighted by atomic mass is 32.2. The second kappa shape index (κ2) is 6.37. The highest BCUT2D eigenvalue weighted by Crippen LogP contribution is 2.27. The fraction of sp³-hybridized carbons (Fsp3) is 0.571. The predicted molar refractivity (Wildman–Crippen MR) is 81.1 cm³/mol. The van der Waals surface area contributed by atoms with Crippen LogP contribution in [-0.4, -0.2) is 36.7 Å². The Kier molecular flexibility index (Phi) is 4.99. The molecule has 1 N–H and O–H groups in total. The third-order valence-electron chi connectivity index (χ3n) is 3.68. The van der Waals surface area contributed by atoms with Gasteiger partial charge < -0.3 is 5.32 Å². The van der Waals surface area contributed by atoms with Crippen LogP contribution in [0.25, 0.3) is 0 Å². The number of hydrogen-bond donors (Lipinski definition) is 1. The van der Waals surface area contributed by atoms with Crippen molar-refractivity contribution in [1.82, 2.24) is 5.32 Å². The lowest BCUT2D eigenvalue weighted by molar-refractivity contribution is 0.541. The van der Waals surface area contributed by atoms with E-state index < -0.39 is 20.6 Å². The fourth-order valence-corrected chi connectivity index (χ4v) is 4.97. The first kappa shape index (κ1) is 15.7. The number of hydrogen-bond acceptors (Lipinski definition) is 4. The van der Waals surface area contributed by atoms with Crippen molar-refractivity contribution in [2.75, 3.05) is 12.8 Å². The maximum Gasteiger partial charge on any atom is 0.175 e. The van der Waals surface area contributed by atoms with E-state index in [2.05, 4.69) is 12.2 Å². The van der Waals surface area contributed by atoms with Gasteiger partial charge in [-0.05, 0) is 43.7 Å². The Balaban J connectivity index is 2.17. The summed E-state index contributed by atoms with van der Waals surface area (Å²) in [6.07, 6.45) is 4.29. The van der Waals surface area contributed by atoms with Gasteiger partial charge in [-0.25, -0.2) is 8.42 Å². The summed E-state index contributed by atoms with van der Waals surface area (Å²) in [4.78, 5) is 0.986. The Morgan fingerprint density at radius 2 is 1.90 bits per heavy atom. The minimum Gasteiger partial charge on any atom is -0.313 e. The smallest absolute Gasteiger partial charge is 0.175 e. The van der Waals surface area contributed by atoms with Crippen LogP contribution in [-0.2, 0) is 20.6 Å². The fourth-order valence-electron chi connectivity index (χ4n) is 2.67. The zero-order valence-electron chi connectivity index (χ0n) is 11.8. The summed E-state index contributed by atoms with van der Waals surface area (Å²) in [6, 6.07) is 6.73. The summed E-state index contributed by atoms with van der Waals surface area (Å²) in [5.41, 5.74) is 0. The van der Waals surface area contributed by atoms with Gasteiger partial charge in [0.1, 0.15) is 0 Å². The Morgan fingerprint density at radius 1 is 1.25 bits per heavy atom. The average Bonchev–Trinajstić information content (AvgIpc) is 2.86. The van der Waals surface area contributed by atoms with Crippen LogP contribution >= 0.6 is 0 Å². The Labute approximate surface area is 123 Å². The van der Waals surface area contributed by atoms with Gasteiger partial charge in [-0.3, -0.25) is 4.21 Å². The van der Waals surface area contributed by atoms with E-state index in [-0.39, 0.29) is 10.1 Å². The normalized spacial score (nSPS) is 24.7. The first-order valence-electron chi connectivity index (χ1n) is 6.87. The molecule has 3 atom stereocenters. The maximum atomic E-state index is 12.6. The molecule has 1 aliphatic rings. The molecule has 1 fully saturated rings. The summed E-state index contributed by atoms with van der Waals surface area (Å²) in [6.45, 7) is 2.94. The van der Waals surface area contributed by atoms with Crippen molar-refractivity contribution in [3.05, 3.63) is 24.3 Å². The molecule has 0 spiro atoms. The lowest BCUT2D eigenvalue weighted by Gasteiger charge is -2.19. The largest absolute Gasteiger partial charge is 0.313 e. The van der Waals surface area contributed by atoms with Gasteiger partial charge in [0.15, 0.2) is 9.84 Å². The molecule has 0 radical (unpaired) electrons. The van der Waals surface area contributed by atoms with Gasteiger partial charge in [0.25, 0.3) is 0 Å². The van der Waals surface area contributed by atoms with E-state index in [1.54, 1.807) is 24.3 Å². The predicted octanol–water partition coefficient (Wildman–Crippen LogP) is 1.73. The molecule has 0 amide bonds. The zero-order chi connectivity index (χ0) is 14.8. The first-order chi connectivity index (χ1) is 9.43. The van der Waals surface area contributed by atoms with Crippen LogP contribution in [0.3, 0.4) is 0 Å². The van der Waals surface area contributed by atoms with Gasteiger partial charge in [0.05, 0.1) is 20.9 Å². The average molecular weight is 315 g/mol. The molecule has 0 aliphatic heterocycles. The van der Waals surface area contributed by atoms with Crippen LogP contribution in [0.2, 0.25) is 0 Å². The van der Waals surface area contributed by atoms with Crippen molar-refractivity contribution in [1.29, 1.82) is 0 Å². The van der Waals surface area contributed by atoms with Crippen LogP contribution in [0.4, 0.5) is 0 Å². The third kappa shape index (κ3) is 3.48. The van der Waals surface area contributed by atoms with Gasteiger partial charge in [0.2, 0.25) is 0 Å². The van der Waals surface area contributed by atoms with E-state index in [4.69, 9.17) is 0 Å². The van der Waals surface area contributed by atoms with E-state index in [0.717, 1.165) is 25.8 Å². The van der Waals surface area contributed by atoms with E-state index >= 15 is 0 Å². The molecule has 112 valence electrons. The molecule has 0 bridgehead atoms. The minimum absolute atomic E-state index is 0.124. The van der Waals surface area contributed by atoms with Crippen molar-refractivity contribution < 1.29 is 12.6 Å². The first-order valence-corrected chi connectivity index (χ1v) is 9.98. The van der Waals surface area contributed by atoms with E-state index in [1.165, 1.54) is 6.26 Å². The number of benzene rings is 1. The van der Waals surface area contributed by atoms with Crippen molar-refractivity contribution in [3.8, 4) is 0 Å².